The zero-order chi connectivity index (χ0) is 7.14. The zero-order valence-corrected chi connectivity index (χ0v) is 5.67. The Morgan fingerprint density at radius 2 is 2.00 bits per heavy atom. The molecule has 2 rings (SSSR count). The minimum absolute atomic E-state index is 0.189. The first-order valence-corrected chi connectivity index (χ1v) is 3.58. The number of hydrogen-bond donors (Lipinski definition) is 0. The molecular weight excluding hydrogens is 130 g/mol. The Morgan fingerprint density at radius 1 is 1.40 bits per heavy atom. The van der Waals surface area contributed by atoms with Gasteiger partial charge in [-0.2, -0.15) is 0 Å². The van der Waals surface area contributed by atoms with Gasteiger partial charge in [-0.3, -0.25) is 9.59 Å². The molecule has 2 fully saturated rings. The number of Topliss-reactive ketones (excluding diaryl/α,β-unsaturated/α-hetero) is 1. The van der Waals surface area contributed by atoms with Crippen molar-refractivity contribution in [3.8, 4) is 0 Å². The molecule has 1 saturated carbocycles. The summed E-state index contributed by atoms with van der Waals surface area (Å²) >= 11 is 0. The molecule has 10 heavy (non-hydrogen) atoms. The average Bonchev–Trinajstić information content (AvgIpc) is 2.60. The van der Waals surface area contributed by atoms with E-state index in [-0.39, 0.29) is 17.6 Å². The fourth-order valence-corrected chi connectivity index (χ4v) is 1.12. The van der Waals surface area contributed by atoms with Crippen molar-refractivity contribution in [3.63, 3.8) is 0 Å². The molecule has 1 heterocycles. The number of amides is 1. The Bertz CT molecular complexity index is 188. The van der Waals surface area contributed by atoms with E-state index in [0.29, 0.717) is 13.1 Å². The van der Waals surface area contributed by atoms with Crippen LogP contribution in [0.25, 0.3) is 0 Å². The Labute approximate surface area is 59.0 Å². The van der Waals surface area contributed by atoms with Gasteiger partial charge >= 0.3 is 0 Å². The Hall–Kier alpha value is -0.860. The number of hydrogen-bond acceptors (Lipinski definition) is 2. The van der Waals surface area contributed by atoms with E-state index >= 15 is 0 Å². The van der Waals surface area contributed by atoms with E-state index in [2.05, 4.69) is 0 Å². The van der Waals surface area contributed by atoms with Crippen molar-refractivity contribution in [1.29, 1.82) is 0 Å². The normalized spacial score (nSPS) is 24.4. The van der Waals surface area contributed by atoms with Gasteiger partial charge in [-0.15, -0.1) is 0 Å². The summed E-state index contributed by atoms with van der Waals surface area (Å²) in [6, 6.07) is 0. The fourth-order valence-electron chi connectivity index (χ4n) is 1.12. The SMILES string of the molecule is O=C1CN(C(=O)C2CC2)C1. The van der Waals surface area contributed by atoms with Crippen LogP contribution < -0.4 is 0 Å². The number of ketones is 1. The largest absolute Gasteiger partial charge is 0.328 e. The second-order valence-corrected chi connectivity index (χ2v) is 3.01. The van der Waals surface area contributed by atoms with Crippen LogP contribution in [0.15, 0.2) is 0 Å². The van der Waals surface area contributed by atoms with Gasteiger partial charge in [0.2, 0.25) is 5.91 Å². The summed E-state index contributed by atoms with van der Waals surface area (Å²) < 4.78 is 0. The van der Waals surface area contributed by atoms with Gasteiger partial charge in [0.25, 0.3) is 0 Å². The first kappa shape index (κ1) is 5.89. The summed E-state index contributed by atoms with van der Waals surface area (Å²) in [4.78, 5) is 23.2. The van der Waals surface area contributed by atoms with Crippen molar-refractivity contribution in [3.05, 3.63) is 0 Å². The summed E-state index contributed by atoms with van der Waals surface area (Å²) in [7, 11) is 0. The fraction of sp³-hybridized carbons (Fsp3) is 0.714. The number of nitrogens with zero attached hydrogens (tertiary/aromatic N) is 1. The maximum atomic E-state index is 11.1. The molecule has 2 aliphatic rings. The molecule has 0 aromatic carbocycles. The lowest BCUT2D eigenvalue weighted by Crippen LogP contribution is -2.51. The van der Waals surface area contributed by atoms with Crippen molar-refractivity contribution in [2.24, 2.45) is 5.92 Å². The smallest absolute Gasteiger partial charge is 0.226 e. The molecule has 0 N–H and O–H groups in total. The maximum absolute atomic E-state index is 11.1. The second-order valence-electron chi connectivity index (χ2n) is 3.01. The molecule has 1 amide bonds. The van der Waals surface area contributed by atoms with Gasteiger partial charge < -0.3 is 4.90 Å². The molecule has 1 saturated heterocycles. The Morgan fingerprint density at radius 3 is 2.40 bits per heavy atom. The van der Waals surface area contributed by atoms with Crippen LogP contribution in [0.2, 0.25) is 0 Å². The maximum Gasteiger partial charge on any atom is 0.226 e. The molecule has 1 aliphatic carbocycles. The number of carbonyl (C=O) groups is 2. The van der Waals surface area contributed by atoms with Crippen LogP contribution in [-0.2, 0) is 9.59 Å². The van der Waals surface area contributed by atoms with Crippen LogP contribution in [-0.4, -0.2) is 29.7 Å². The third kappa shape index (κ3) is 0.818. The van der Waals surface area contributed by atoms with Crippen LogP contribution in [0.3, 0.4) is 0 Å². The topological polar surface area (TPSA) is 37.4 Å². The van der Waals surface area contributed by atoms with Crippen molar-refractivity contribution in [2.45, 2.75) is 12.8 Å². The first-order chi connectivity index (χ1) is 4.77. The predicted octanol–water partition coefficient (Wildman–Crippen LogP) is -0.192. The lowest BCUT2D eigenvalue weighted by molar-refractivity contribution is -0.145. The van der Waals surface area contributed by atoms with Crippen molar-refractivity contribution in [2.75, 3.05) is 13.1 Å². The van der Waals surface area contributed by atoms with Gasteiger partial charge in [0, 0.05) is 5.92 Å². The van der Waals surface area contributed by atoms with Gasteiger partial charge in [0.15, 0.2) is 5.78 Å². The van der Waals surface area contributed by atoms with E-state index in [1.807, 2.05) is 0 Å². The monoisotopic (exact) mass is 139 g/mol. The van der Waals surface area contributed by atoms with Crippen LogP contribution in [0, 0.1) is 5.92 Å². The summed E-state index contributed by atoms with van der Waals surface area (Å²) in [6.45, 7) is 0.741. The number of likely N-dealkylation sites (tertiary alicyclic amines) is 1. The van der Waals surface area contributed by atoms with Crippen molar-refractivity contribution >= 4 is 11.7 Å². The summed E-state index contributed by atoms with van der Waals surface area (Å²) in [5, 5.41) is 0. The standard InChI is InChI=1S/C7H9NO2/c9-6-3-8(4-6)7(10)5-1-2-5/h5H,1-4H2. The average molecular weight is 139 g/mol. The summed E-state index contributed by atoms with van der Waals surface area (Å²) in [5.74, 6) is 0.654. The number of carbonyl (C=O) groups excluding carboxylic acids is 2. The van der Waals surface area contributed by atoms with Gasteiger partial charge in [0.1, 0.15) is 0 Å². The van der Waals surface area contributed by atoms with Gasteiger partial charge in [-0.05, 0) is 12.8 Å². The van der Waals surface area contributed by atoms with E-state index in [4.69, 9.17) is 0 Å². The molecule has 3 nitrogen and oxygen atoms in total. The first-order valence-electron chi connectivity index (χ1n) is 3.58. The van der Waals surface area contributed by atoms with Crippen LogP contribution in [0.4, 0.5) is 0 Å². The molecule has 0 radical (unpaired) electrons. The minimum atomic E-state index is 0.189. The van der Waals surface area contributed by atoms with Crippen LogP contribution in [0.1, 0.15) is 12.8 Å². The van der Waals surface area contributed by atoms with Gasteiger partial charge in [0.05, 0.1) is 13.1 Å². The predicted molar refractivity (Wildman–Crippen MR) is 34.3 cm³/mol. The molecule has 0 aromatic heterocycles. The molecule has 0 bridgehead atoms. The third-order valence-electron chi connectivity index (χ3n) is 1.97. The van der Waals surface area contributed by atoms with E-state index in [9.17, 15) is 9.59 Å². The minimum Gasteiger partial charge on any atom is -0.328 e. The molecule has 1 aliphatic heterocycles. The van der Waals surface area contributed by atoms with Gasteiger partial charge in [-0.1, -0.05) is 0 Å². The summed E-state index contributed by atoms with van der Waals surface area (Å²) in [5.41, 5.74) is 0. The molecular formula is C7H9NO2. The van der Waals surface area contributed by atoms with Crippen LogP contribution in [0.5, 0.6) is 0 Å². The summed E-state index contributed by atoms with van der Waals surface area (Å²) in [6.07, 6.45) is 2.06. The molecule has 0 spiro atoms. The molecule has 0 atom stereocenters. The van der Waals surface area contributed by atoms with Gasteiger partial charge in [-0.25, -0.2) is 0 Å². The lowest BCUT2D eigenvalue weighted by atomic mass is 10.2. The van der Waals surface area contributed by atoms with E-state index in [1.54, 1.807) is 4.90 Å². The van der Waals surface area contributed by atoms with Crippen LogP contribution >= 0.6 is 0 Å². The molecule has 0 aromatic rings. The molecule has 3 heteroatoms. The molecule has 54 valence electrons. The Balaban J connectivity index is 1.88. The van der Waals surface area contributed by atoms with E-state index < -0.39 is 0 Å². The highest BCUT2D eigenvalue weighted by Gasteiger charge is 2.38. The quantitative estimate of drug-likeness (QED) is 0.505. The van der Waals surface area contributed by atoms with Crippen molar-refractivity contribution < 1.29 is 9.59 Å². The molecule has 0 unspecified atom stereocenters. The zero-order valence-electron chi connectivity index (χ0n) is 5.67. The van der Waals surface area contributed by atoms with Crippen molar-refractivity contribution in [1.82, 2.24) is 4.90 Å². The highest BCUT2D eigenvalue weighted by molar-refractivity contribution is 5.97. The third-order valence-corrected chi connectivity index (χ3v) is 1.97. The highest BCUT2D eigenvalue weighted by atomic mass is 16.2. The van der Waals surface area contributed by atoms with E-state index in [1.165, 1.54) is 0 Å². The van der Waals surface area contributed by atoms with E-state index in [0.717, 1.165) is 12.8 Å². The number of rotatable bonds is 1. The Kier molecular flexibility index (Phi) is 1.07. The second kappa shape index (κ2) is 1.81. The lowest BCUT2D eigenvalue weighted by Gasteiger charge is -2.29. The highest BCUT2D eigenvalue weighted by Crippen LogP contribution is 2.31.